The lowest BCUT2D eigenvalue weighted by Crippen LogP contribution is -1.97. The topological polar surface area (TPSA) is 40.6 Å². The zero-order valence-electron chi connectivity index (χ0n) is 36.7. The van der Waals surface area contributed by atoms with Crippen LogP contribution in [0.25, 0.3) is 126 Å². The van der Waals surface area contributed by atoms with Gasteiger partial charge in [0.25, 0.3) is 0 Å². The van der Waals surface area contributed by atoms with Gasteiger partial charge in [0.05, 0.1) is 43.3 Å². The largest absolute Gasteiger partial charge is 0.309 e. The van der Waals surface area contributed by atoms with Gasteiger partial charge in [0.2, 0.25) is 0 Å². The minimum absolute atomic E-state index is 0.908. The van der Waals surface area contributed by atoms with Crippen molar-refractivity contribution in [2.24, 2.45) is 0 Å². The Hall–Kier alpha value is -8.84. The molecule has 6 heteroatoms. The van der Waals surface area contributed by atoms with Crippen molar-refractivity contribution in [3.05, 3.63) is 237 Å². The number of hydrogen-bond donors (Lipinski definition) is 0. The van der Waals surface area contributed by atoms with Crippen molar-refractivity contribution in [2.75, 3.05) is 0 Å². The average Bonchev–Trinajstić information content (AvgIpc) is 4.19. The first-order chi connectivity index (χ1) is 33.7. The van der Waals surface area contributed by atoms with Crippen LogP contribution in [0.2, 0.25) is 0 Å². The maximum Gasteiger partial charge on any atom is 0.145 e. The summed E-state index contributed by atoms with van der Waals surface area (Å²) in [6, 6.07) is 84.9. The Labute approximate surface area is 395 Å². The van der Waals surface area contributed by atoms with Crippen LogP contribution >= 0.6 is 11.3 Å². The van der Waals surface area contributed by atoms with Crippen LogP contribution in [0.1, 0.15) is 0 Å². The van der Waals surface area contributed by atoms with E-state index in [4.69, 9.17) is 9.97 Å². The first-order valence-corrected chi connectivity index (χ1v) is 23.8. The van der Waals surface area contributed by atoms with Gasteiger partial charge in [-0.3, -0.25) is 4.57 Å². The van der Waals surface area contributed by atoms with Gasteiger partial charge in [0.1, 0.15) is 10.8 Å². The molecule has 0 bridgehead atoms. The fraction of sp³-hybridized carbons (Fsp3) is 0. The third-order valence-corrected chi connectivity index (χ3v) is 14.6. The van der Waals surface area contributed by atoms with Crippen molar-refractivity contribution in [1.82, 2.24) is 23.7 Å². The molecule has 318 valence electrons. The van der Waals surface area contributed by atoms with E-state index in [0.717, 1.165) is 77.0 Å². The van der Waals surface area contributed by atoms with E-state index in [1.54, 1.807) is 11.3 Å². The molecule has 68 heavy (non-hydrogen) atoms. The summed E-state index contributed by atoms with van der Waals surface area (Å²) in [7, 11) is 0. The molecule has 0 saturated carbocycles. The minimum atomic E-state index is 0.908. The van der Waals surface area contributed by atoms with E-state index < -0.39 is 0 Å². The number of rotatable bonds is 7. The third-order valence-electron chi connectivity index (χ3n) is 13.5. The van der Waals surface area contributed by atoms with Gasteiger partial charge in [0.15, 0.2) is 0 Å². The molecule has 0 aliphatic carbocycles. The Morgan fingerprint density at radius 1 is 0.309 bits per heavy atom. The summed E-state index contributed by atoms with van der Waals surface area (Å²) in [5.74, 6) is 0.908. The normalized spacial score (nSPS) is 11.8. The number of thiazole rings is 1. The van der Waals surface area contributed by atoms with Gasteiger partial charge in [-0.05, 0) is 96.1 Å². The van der Waals surface area contributed by atoms with Crippen molar-refractivity contribution in [1.29, 1.82) is 0 Å². The van der Waals surface area contributed by atoms with Crippen molar-refractivity contribution in [3.63, 3.8) is 0 Å². The van der Waals surface area contributed by atoms with E-state index in [-0.39, 0.29) is 0 Å². The summed E-state index contributed by atoms with van der Waals surface area (Å²) in [6.45, 7) is 0. The van der Waals surface area contributed by atoms with E-state index in [0.29, 0.717) is 0 Å². The van der Waals surface area contributed by atoms with Gasteiger partial charge in [-0.15, -0.1) is 11.3 Å². The number of imidazole rings is 1. The summed E-state index contributed by atoms with van der Waals surface area (Å²) in [6.07, 6.45) is 0. The molecule has 10 aromatic carbocycles. The molecular formula is C62H39N5S. The molecule has 0 atom stereocenters. The van der Waals surface area contributed by atoms with Crippen LogP contribution in [0.5, 0.6) is 0 Å². The number of hydrogen-bond acceptors (Lipinski definition) is 3. The van der Waals surface area contributed by atoms with E-state index in [9.17, 15) is 0 Å². The first-order valence-electron chi connectivity index (χ1n) is 23.0. The van der Waals surface area contributed by atoms with Crippen LogP contribution in [0.4, 0.5) is 0 Å². The lowest BCUT2D eigenvalue weighted by Gasteiger charge is -2.10. The summed E-state index contributed by atoms with van der Waals surface area (Å²) in [5, 5.41) is 5.87. The van der Waals surface area contributed by atoms with E-state index in [2.05, 4.69) is 250 Å². The summed E-state index contributed by atoms with van der Waals surface area (Å²) < 4.78 is 8.16. The molecule has 0 saturated heterocycles. The highest BCUT2D eigenvalue weighted by Gasteiger charge is 2.21. The SMILES string of the molecule is c1ccc(-n2c(-c3ccc(-c4nc5c(-c6ccc7c(c6)c6ccccc6n7-c6ccccc6)ccc(-c6ccc7c(c6)c6ccccc6n7-c6ccccc6)c5s4)cc3)nc3ccccc32)cc1. The summed E-state index contributed by atoms with van der Waals surface area (Å²) in [5.41, 5.74) is 17.9. The highest BCUT2D eigenvalue weighted by atomic mass is 32.1. The number of nitrogens with zero attached hydrogens (tertiary/aromatic N) is 5. The molecule has 0 radical (unpaired) electrons. The van der Waals surface area contributed by atoms with Crippen LogP contribution in [0.3, 0.4) is 0 Å². The standard InChI is InChI=1S/C62H39N5S/c1-4-16-44(17-5-1)65-54-25-13-10-22-49(54)51-38-42(32-36-56(51)65)47-34-35-48(43-33-37-57-52(39-43)50-23-11-14-26-55(50)66(57)45-18-6-2-7-19-45)60-59(47)64-62(68-60)41-30-28-40(29-31-41)61-63-53-24-12-15-27-58(53)67(61)46-20-8-3-9-21-46/h1-39H. The smallest absolute Gasteiger partial charge is 0.145 e. The third kappa shape index (κ3) is 6.01. The van der Waals surface area contributed by atoms with E-state index in [1.807, 2.05) is 0 Å². The van der Waals surface area contributed by atoms with Crippen molar-refractivity contribution in [2.45, 2.75) is 0 Å². The lowest BCUT2D eigenvalue weighted by molar-refractivity contribution is 1.10. The van der Waals surface area contributed by atoms with Gasteiger partial charge in [0, 0.05) is 60.9 Å². The number of para-hydroxylation sites is 7. The van der Waals surface area contributed by atoms with Gasteiger partial charge in [-0.25, -0.2) is 9.97 Å². The van der Waals surface area contributed by atoms with Gasteiger partial charge in [-0.2, -0.15) is 0 Å². The van der Waals surface area contributed by atoms with Crippen molar-refractivity contribution < 1.29 is 0 Å². The number of fused-ring (bicyclic) bond motifs is 8. The predicted molar refractivity (Wildman–Crippen MR) is 285 cm³/mol. The molecule has 0 amide bonds. The Balaban J connectivity index is 0.952. The molecular weight excluding hydrogens is 847 g/mol. The Morgan fingerprint density at radius 2 is 0.750 bits per heavy atom. The molecule has 0 N–H and O–H groups in total. The average molecular weight is 886 g/mol. The molecule has 4 aromatic heterocycles. The number of aromatic nitrogens is 5. The zero-order valence-corrected chi connectivity index (χ0v) is 37.5. The van der Waals surface area contributed by atoms with Crippen LogP contribution in [0, 0.1) is 0 Å². The lowest BCUT2D eigenvalue weighted by atomic mass is 9.97. The fourth-order valence-electron chi connectivity index (χ4n) is 10.4. The second-order valence-electron chi connectivity index (χ2n) is 17.4. The predicted octanol–water partition coefficient (Wildman–Crippen LogP) is 16.5. The highest BCUT2D eigenvalue weighted by molar-refractivity contribution is 7.22. The molecule has 0 unspecified atom stereocenters. The quantitative estimate of drug-likeness (QED) is 0.160. The molecule has 0 aliphatic rings. The maximum atomic E-state index is 5.59. The Morgan fingerprint density at radius 3 is 1.34 bits per heavy atom. The van der Waals surface area contributed by atoms with Crippen molar-refractivity contribution >= 4 is 76.2 Å². The van der Waals surface area contributed by atoms with E-state index in [1.165, 1.54) is 49.2 Å². The molecule has 0 fully saturated rings. The van der Waals surface area contributed by atoms with Crippen LogP contribution in [0.15, 0.2) is 237 Å². The second-order valence-corrected chi connectivity index (χ2v) is 18.4. The second kappa shape index (κ2) is 15.4. The fourth-order valence-corrected chi connectivity index (χ4v) is 11.5. The van der Waals surface area contributed by atoms with Gasteiger partial charge >= 0.3 is 0 Å². The maximum absolute atomic E-state index is 5.59. The minimum Gasteiger partial charge on any atom is -0.309 e. The van der Waals surface area contributed by atoms with Crippen LogP contribution < -0.4 is 0 Å². The first kappa shape index (κ1) is 38.4. The molecule has 0 aliphatic heterocycles. The molecule has 5 nitrogen and oxygen atoms in total. The number of benzene rings is 10. The Bertz CT molecular complexity index is 4040. The Kier molecular flexibility index (Phi) is 8.69. The van der Waals surface area contributed by atoms with E-state index >= 15 is 0 Å². The summed E-state index contributed by atoms with van der Waals surface area (Å²) >= 11 is 1.76. The van der Waals surface area contributed by atoms with Gasteiger partial charge < -0.3 is 9.13 Å². The molecule has 14 rings (SSSR count). The molecule has 4 heterocycles. The summed E-state index contributed by atoms with van der Waals surface area (Å²) in [4.78, 5) is 10.7. The molecule has 0 spiro atoms. The van der Waals surface area contributed by atoms with Crippen molar-refractivity contribution in [3.8, 4) is 61.3 Å². The van der Waals surface area contributed by atoms with Crippen LogP contribution in [-0.2, 0) is 0 Å². The highest BCUT2D eigenvalue weighted by Crippen LogP contribution is 2.45. The molecule has 14 aromatic rings. The van der Waals surface area contributed by atoms with Crippen LogP contribution in [-0.4, -0.2) is 23.7 Å². The van der Waals surface area contributed by atoms with Gasteiger partial charge in [-0.1, -0.05) is 152 Å². The monoisotopic (exact) mass is 885 g/mol. The zero-order chi connectivity index (χ0) is 44.7.